The van der Waals surface area contributed by atoms with Crippen LogP contribution in [0.25, 0.3) is 44.6 Å². The summed E-state index contributed by atoms with van der Waals surface area (Å²) < 4.78 is 15.2. The lowest BCUT2D eigenvalue weighted by atomic mass is 10.2. The van der Waals surface area contributed by atoms with Gasteiger partial charge in [-0.3, -0.25) is 10.2 Å². The van der Waals surface area contributed by atoms with Gasteiger partial charge < -0.3 is 18.6 Å². The quantitative estimate of drug-likeness (QED) is 0.271. The monoisotopic (exact) mass is 442 g/mol. The van der Waals surface area contributed by atoms with E-state index in [1.54, 1.807) is 24.8 Å². The van der Waals surface area contributed by atoms with E-state index in [2.05, 4.69) is 40.3 Å². The van der Waals surface area contributed by atoms with Crippen LogP contribution in [0.4, 0.5) is 0 Å². The second-order valence-corrected chi connectivity index (χ2v) is 7.25. The predicted octanol–water partition coefficient (Wildman–Crippen LogP) is 2.56. The van der Waals surface area contributed by atoms with Gasteiger partial charge in [0, 0.05) is 46.7 Å². The fraction of sp³-hybridized carbons (Fsp3) is 0.143. The van der Waals surface area contributed by atoms with Gasteiger partial charge in [0.2, 0.25) is 0 Å². The molecule has 0 unspecified atom stereocenters. The molecule has 0 saturated heterocycles. The largest absolute Gasteiger partial charge is 0.335 e. The van der Waals surface area contributed by atoms with Crippen molar-refractivity contribution in [3.8, 4) is 22.5 Å². The van der Waals surface area contributed by atoms with E-state index in [0.29, 0.717) is 13.5 Å². The highest BCUT2D eigenvalue weighted by molar-refractivity contribution is 5.91. The Morgan fingerprint density at radius 2 is 1.21 bits per heavy atom. The molecule has 0 spiro atoms. The van der Waals surface area contributed by atoms with Gasteiger partial charge in [-0.1, -0.05) is 0 Å². The molecule has 0 saturated carbocycles. The molecule has 164 valence electrons. The number of aromatic nitrogens is 10. The van der Waals surface area contributed by atoms with Crippen LogP contribution in [0.15, 0.2) is 62.0 Å². The number of H-pyrrole nitrogens is 2. The molecule has 0 amide bonds. The second-order valence-electron chi connectivity index (χ2n) is 7.25. The summed E-state index contributed by atoms with van der Waals surface area (Å²) in [6.45, 7) is 0.702. The van der Waals surface area contributed by atoms with Gasteiger partial charge >= 0.3 is 0 Å². The molecule has 0 aliphatic rings. The van der Waals surface area contributed by atoms with Crippen molar-refractivity contribution in [2.24, 2.45) is 0 Å². The van der Waals surface area contributed by atoms with Crippen LogP contribution in [0.2, 0.25) is 0 Å². The number of hydrogen-bond acceptors (Lipinski definition) is 8. The van der Waals surface area contributed by atoms with Gasteiger partial charge in [0.15, 0.2) is 6.79 Å². The van der Waals surface area contributed by atoms with Crippen LogP contribution in [-0.2, 0) is 22.9 Å². The standard InChI is InChI=1S/C21H18N10O2/c1-3-30(20-16(1)18(22-9-24-20)14-5-26-27-6-14)11-32-13-33-12-31-4-2-17-19(15-7-28-29-8-15)23-10-25-21(17)31/h1-10H,11-13H2,(H,26,27)(H,28,29). The summed E-state index contributed by atoms with van der Waals surface area (Å²) in [6, 6.07) is 3.93. The summed E-state index contributed by atoms with van der Waals surface area (Å²) in [5.74, 6) is 0. The minimum absolute atomic E-state index is 0.110. The molecule has 0 radical (unpaired) electrons. The van der Waals surface area contributed by atoms with Crippen molar-refractivity contribution >= 4 is 22.1 Å². The lowest BCUT2D eigenvalue weighted by Crippen LogP contribution is -2.09. The van der Waals surface area contributed by atoms with Gasteiger partial charge in [0.05, 0.1) is 23.8 Å². The Hall–Kier alpha value is -4.42. The van der Waals surface area contributed by atoms with Crippen LogP contribution in [0.1, 0.15) is 0 Å². The molecule has 0 atom stereocenters. The molecule has 6 aromatic heterocycles. The molecule has 0 bridgehead atoms. The Kier molecular flexibility index (Phi) is 4.82. The van der Waals surface area contributed by atoms with Gasteiger partial charge in [-0.05, 0) is 12.1 Å². The summed E-state index contributed by atoms with van der Waals surface area (Å²) >= 11 is 0. The zero-order chi connectivity index (χ0) is 22.0. The fourth-order valence-electron chi connectivity index (χ4n) is 3.77. The average molecular weight is 442 g/mol. The fourth-order valence-corrected chi connectivity index (χ4v) is 3.77. The first-order valence-electron chi connectivity index (χ1n) is 10.1. The van der Waals surface area contributed by atoms with E-state index in [9.17, 15) is 0 Å². The Bertz CT molecular complexity index is 1390. The number of hydrogen-bond donors (Lipinski definition) is 2. The number of fused-ring (bicyclic) bond motifs is 2. The van der Waals surface area contributed by atoms with Crippen LogP contribution in [0, 0.1) is 0 Å². The summed E-state index contributed by atoms with van der Waals surface area (Å²) in [6.07, 6.45) is 14.0. The zero-order valence-electron chi connectivity index (χ0n) is 17.3. The molecule has 12 heteroatoms. The van der Waals surface area contributed by atoms with Crippen molar-refractivity contribution in [2.75, 3.05) is 6.79 Å². The van der Waals surface area contributed by atoms with Crippen LogP contribution in [-0.4, -0.2) is 56.3 Å². The van der Waals surface area contributed by atoms with E-state index in [0.717, 1.165) is 44.6 Å². The minimum Gasteiger partial charge on any atom is -0.335 e. The lowest BCUT2D eigenvalue weighted by molar-refractivity contribution is -0.0985. The zero-order valence-corrected chi connectivity index (χ0v) is 17.3. The Morgan fingerprint density at radius 3 is 1.67 bits per heavy atom. The predicted molar refractivity (Wildman–Crippen MR) is 117 cm³/mol. The van der Waals surface area contributed by atoms with E-state index >= 15 is 0 Å². The van der Waals surface area contributed by atoms with Gasteiger partial charge in [-0.15, -0.1) is 0 Å². The van der Waals surface area contributed by atoms with Gasteiger partial charge in [-0.25, -0.2) is 19.9 Å². The van der Waals surface area contributed by atoms with Crippen LogP contribution in [0.3, 0.4) is 0 Å². The van der Waals surface area contributed by atoms with Gasteiger partial charge in [0.1, 0.15) is 37.4 Å². The Labute approximate surface area is 186 Å². The summed E-state index contributed by atoms with van der Waals surface area (Å²) in [5, 5.41) is 15.5. The molecule has 0 aromatic carbocycles. The third-order valence-electron chi connectivity index (χ3n) is 5.28. The summed E-state index contributed by atoms with van der Waals surface area (Å²) in [5.41, 5.74) is 5.01. The van der Waals surface area contributed by atoms with Crippen molar-refractivity contribution in [1.29, 1.82) is 0 Å². The molecule has 0 fully saturated rings. The number of rotatable bonds is 8. The highest BCUT2D eigenvalue weighted by Crippen LogP contribution is 2.26. The molecule has 33 heavy (non-hydrogen) atoms. The SMILES string of the molecule is c1nc(-c2cn[nH]c2)c2ccn(COCOCn3ccc4c(-c5cn[nH]c5)ncnc43)c2n1. The van der Waals surface area contributed by atoms with Gasteiger partial charge in [-0.2, -0.15) is 10.2 Å². The van der Waals surface area contributed by atoms with Crippen molar-refractivity contribution in [3.05, 3.63) is 62.0 Å². The number of ether oxygens (including phenoxy) is 2. The minimum atomic E-state index is 0.110. The molecule has 0 aliphatic carbocycles. The normalized spacial score (nSPS) is 11.6. The number of aromatic amines is 2. The maximum Gasteiger partial charge on any atom is 0.151 e. The lowest BCUT2D eigenvalue weighted by Gasteiger charge is -2.09. The molecule has 0 aliphatic heterocycles. The van der Waals surface area contributed by atoms with E-state index in [1.807, 2.05) is 33.7 Å². The summed E-state index contributed by atoms with van der Waals surface area (Å²) in [7, 11) is 0. The average Bonchev–Trinajstić information content (AvgIpc) is 3.66. The number of nitrogens with one attached hydrogen (secondary N) is 2. The molecule has 6 heterocycles. The van der Waals surface area contributed by atoms with Crippen molar-refractivity contribution in [3.63, 3.8) is 0 Å². The first kappa shape index (κ1) is 19.3. The second kappa shape index (κ2) is 8.26. The van der Waals surface area contributed by atoms with E-state index in [1.165, 1.54) is 12.7 Å². The first-order chi connectivity index (χ1) is 16.4. The highest BCUT2D eigenvalue weighted by Gasteiger charge is 2.12. The highest BCUT2D eigenvalue weighted by atomic mass is 16.7. The van der Waals surface area contributed by atoms with Crippen LogP contribution < -0.4 is 0 Å². The van der Waals surface area contributed by atoms with Crippen molar-refractivity contribution < 1.29 is 9.47 Å². The molecule has 6 aromatic rings. The van der Waals surface area contributed by atoms with Crippen LogP contribution in [0.5, 0.6) is 0 Å². The van der Waals surface area contributed by atoms with Crippen molar-refractivity contribution in [1.82, 2.24) is 49.5 Å². The molecular formula is C21H18N10O2. The molecule has 2 N–H and O–H groups in total. The maximum atomic E-state index is 5.71. The third kappa shape index (κ3) is 3.52. The molecule has 6 rings (SSSR count). The van der Waals surface area contributed by atoms with E-state index in [-0.39, 0.29) is 6.79 Å². The van der Waals surface area contributed by atoms with Gasteiger partial charge in [0.25, 0.3) is 0 Å². The van der Waals surface area contributed by atoms with Crippen LogP contribution >= 0.6 is 0 Å². The summed E-state index contributed by atoms with van der Waals surface area (Å²) in [4.78, 5) is 17.5. The molecular weight excluding hydrogens is 424 g/mol. The van der Waals surface area contributed by atoms with E-state index < -0.39 is 0 Å². The first-order valence-corrected chi connectivity index (χ1v) is 10.1. The molecule has 12 nitrogen and oxygen atoms in total. The Balaban J connectivity index is 1.10. The smallest absolute Gasteiger partial charge is 0.151 e. The van der Waals surface area contributed by atoms with E-state index in [4.69, 9.17) is 9.47 Å². The third-order valence-corrected chi connectivity index (χ3v) is 5.28. The van der Waals surface area contributed by atoms with Crippen molar-refractivity contribution in [2.45, 2.75) is 13.5 Å². The maximum absolute atomic E-state index is 5.71. The Morgan fingerprint density at radius 1 is 0.697 bits per heavy atom. The number of nitrogens with zero attached hydrogens (tertiary/aromatic N) is 8. The topological polar surface area (TPSA) is 137 Å².